The Kier molecular flexibility index (Phi) is 11.9. The Morgan fingerprint density at radius 3 is 2.37 bits per heavy atom. The molecule has 0 saturated carbocycles. The number of rotatable bonds is 12. The van der Waals surface area contributed by atoms with Crippen molar-refractivity contribution in [3.63, 3.8) is 0 Å². The molecule has 2 aromatic carbocycles. The number of thiophene rings is 1. The van der Waals surface area contributed by atoms with Gasteiger partial charge < -0.3 is 20.7 Å². The summed E-state index contributed by atoms with van der Waals surface area (Å²) in [6.07, 6.45) is 2.13. The highest BCUT2D eigenvalue weighted by Crippen LogP contribution is 2.38. The Labute approximate surface area is 284 Å². The van der Waals surface area contributed by atoms with Crippen molar-refractivity contribution >= 4 is 66.5 Å². The van der Waals surface area contributed by atoms with E-state index in [1.807, 2.05) is 44.2 Å². The van der Waals surface area contributed by atoms with Crippen molar-refractivity contribution in [3.05, 3.63) is 57.4 Å². The third-order valence-electron chi connectivity index (χ3n) is 8.22. The van der Waals surface area contributed by atoms with Gasteiger partial charge in [-0.3, -0.25) is 14.5 Å². The number of hydrogen-bond donors (Lipinski definition) is 3. The van der Waals surface area contributed by atoms with Crippen molar-refractivity contribution in [2.24, 2.45) is 5.92 Å². The Hall–Kier alpha value is -2.45. The number of piperidine rings is 1. The van der Waals surface area contributed by atoms with Crippen LogP contribution in [0.2, 0.25) is 10.0 Å². The monoisotopic (exact) mass is 709 g/mol. The first kappa shape index (κ1) is 34.9. The maximum atomic E-state index is 13.5. The van der Waals surface area contributed by atoms with Gasteiger partial charge in [0, 0.05) is 44.0 Å². The van der Waals surface area contributed by atoms with Crippen LogP contribution in [-0.2, 0) is 14.8 Å². The fraction of sp³-hybridized carbons (Fsp3) is 0.500. The van der Waals surface area contributed by atoms with Gasteiger partial charge in [0.15, 0.2) is 5.75 Å². The third-order valence-corrected chi connectivity index (χ3v) is 11.8. The molecule has 10 nitrogen and oxygen atoms in total. The summed E-state index contributed by atoms with van der Waals surface area (Å²) in [5.41, 5.74) is 0. The summed E-state index contributed by atoms with van der Waals surface area (Å²) in [6, 6.07) is 11.8. The number of carbonyl (C=O) groups excluding carboxylic acids is 2. The molecular weight excluding hydrogens is 669 g/mol. The maximum Gasteiger partial charge on any atom is 0.262 e. The van der Waals surface area contributed by atoms with Gasteiger partial charge in [0.25, 0.3) is 5.91 Å². The molecule has 0 spiro atoms. The summed E-state index contributed by atoms with van der Waals surface area (Å²) in [6.45, 7) is 8.24. The van der Waals surface area contributed by atoms with E-state index in [1.165, 1.54) is 27.8 Å². The summed E-state index contributed by atoms with van der Waals surface area (Å²) in [5, 5.41) is 10.5. The van der Waals surface area contributed by atoms with Crippen LogP contribution in [0, 0.1) is 5.92 Å². The zero-order valence-electron chi connectivity index (χ0n) is 26.1. The molecule has 1 unspecified atom stereocenters. The van der Waals surface area contributed by atoms with Crippen LogP contribution >= 0.6 is 34.5 Å². The number of carbonyl (C=O) groups is 2. The van der Waals surface area contributed by atoms with Gasteiger partial charge in [0.1, 0.15) is 12.1 Å². The number of fused-ring (bicyclic) bond motifs is 1. The number of halogens is 2. The molecule has 2 saturated heterocycles. The zero-order chi connectivity index (χ0) is 32.8. The van der Waals surface area contributed by atoms with Crippen LogP contribution in [0.25, 0.3) is 10.1 Å². The highest BCUT2D eigenvalue weighted by molar-refractivity contribution is 7.89. The number of nitrogens with one attached hydrogen (secondary N) is 3. The predicted molar refractivity (Wildman–Crippen MR) is 184 cm³/mol. The fourth-order valence-corrected chi connectivity index (χ4v) is 8.85. The minimum Gasteiger partial charge on any atom is -0.487 e. The molecule has 2 aliphatic heterocycles. The van der Waals surface area contributed by atoms with Crippen LogP contribution in [0.5, 0.6) is 5.75 Å². The lowest BCUT2D eigenvalue weighted by Gasteiger charge is -2.34. The van der Waals surface area contributed by atoms with Crippen molar-refractivity contribution in [2.75, 3.05) is 52.4 Å². The first-order valence-corrected chi connectivity index (χ1v) is 18.7. The smallest absolute Gasteiger partial charge is 0.262 e. The number of benzene rings is 2. The van der Waals surface area contributed by atoms with Crippen LogP contribution in [0.15, 0.2) is 47.4 Å². The second-order valence-electron chi connectivity index (χ2n) is 12.1. The second-order valence-corrected chi connectivity index (χ2v) is 16.0. The van der Waals surface area contributed by atoms with Crippen molar-refractivity contribution in [1.82, 2.24) is 25.2 Å². The van der Waals surface area contributed by atoms with E-state index in [-0.39, 0.29) is 38.8 Å². The summed E-state index contributed by atoms with van der Waals surface area (Å²) < 4.78 is 35.4. The van der Waals surface area contributed by atoms with Crippen LogP contribution in [-0.4, -0.2) is 93.9 Å². The van der Waals surface area contributed by atoms with Crippen molar-refractivity contribution in [2.45, 2.75) is 50.2 Å². The SMILES string of the molecule is CC(C)CC(NC(=O)c1cc2ccccc2s1)C(=O)NCCN1CCN(S(=O)(=O)c2cc(Cl)c(OC3CCNCC3)c(Cl)c2)CC1. The molecule has 0 aliphatic carbocycles. The predicted octanol–water partition coefficient (Wildman–Crippen LogP) is 4.61. The minimum atomic E-state index is -3.82. The van der Waals surface area contributed by atoms with Crippen LogP contribution < -0.4 is 20.7 Å². The molecule has 5 rings (SSSR count). The van der Waals surface area contributed by atoms with E-state index < -0.39 is 16.1 Å². The molecule has 2 fully saturated rings. The lowest BCUT2D eigenvalue weighted by atomic mass is 10.0. The topological polar surface area (TPSA) is 120 Å². The molecule has 3 N–H and O–H groups in total. The molecule has 2 aliphatic rings. The molecular formula is C32H41Cl2N5O5S2. The first-order chi connectivity index (χ1) is 22.0. The Morgan fingerprint density at radius 2 is 1.72 bits per heavy atom. The summed E-state index contributed by atoms with van der Waals surface area (Å²) in [4.78, 5) is 28.9. The largest absolute Gasteiger partial charge is 0.487 e. The van der Waals surface area contributed by atoms with E-state index in [9.17, 15) is 18.0 Å². The molecule has 2 amide bonds. The van der Waals surface area contributed by atoms with Crippen LogP contribution in [0.4, 0.5) is 0 Å². The number of hydrogen-bond acceptors (Lipinski definition) is 8. The molecule has 14 heteroatoms. The van der Waals surface area contributed by atoms with Crippen LogP contribution in [0.1, 0.15) is 42.8 Å². The van der Waals surface area contributed by atoms with Crippen molar-refractivity contribution in [3.8, 4) is 5.75 Å². The molecule has 46 heavy (non-hydrogen) atoms. The number of piperazine rings is 1. The highest BCUT2D eigenvalue weighted by Gasteiger charge is 2.31. The molecule has 1 atom stereocenters. The van der Waals surface area contributed by atoms with E-state index in [2.05, 4.69) is 20.9 Å². The van der Waals surface area contributed by atoms with Crippen LogP contribution in [0.3, 0.4) is 0 Å². The molecule has 1 aromatic heterocycles. The van der Waals surface area contributed by atoms with E-state index in [0.717, 1.165) is 36.0 Å². The van der Waals surface area contributed by atoms with Gasteiger partial charge in [-0.15, -0.1) is 11.3 Å². The van der Waals surface area contributed by atoms with E-state index in [1.54, 1.807) is 0 Å². The van der Waals surface area contributed by atoms with E-state index >= 15 is 0 Å². The van der Waals surface area contributed by atoms with Crippen molar-refractivity contribution in [1.29, 1.82) is 0 Å². The average molecular weight is 711 g/mol. The van der Waals surface area contributed by atoms with Gasteiger partial charge in [-0.05, 0) is 67.9 Å². The Morgan fingerprint density at radius 1 is 1.04 bits per heavy atom. The van der Waals surface area contributed by atoms with Gasteiger partial charge >= 0.3 is 0 Å². The summed E-state index contributed by atoms with van der Waals surface area (Å²) in [7, 11) is -3.82. The van der Waals surface area contributed by atoms with Gasteiger partial charge in [-0.2, -0.15) is 4.31 Å². The molecule has 3 aromatic rings. The molecule has 250 valence electrons. The van der Waals surface area contributed by atoms with Gasteiger partial charge in [0.05, 0.1) is 19.8 Å². The maximum absolute atomic E-state index is 13.5. The van der Waals surface area contributed by atoms with E-state index in [4.69, 9.17) is 27.9 Å². The Bertz CT molecular complexity index is 1580. The second kappa shape index (κ2) is 15.6. The van der Waals surface area contributed by atoms with Gasteiger partial charge in [-0.25, -0.2) is 8.42 Å². The zero-order valence-corrected chi connectivity index (χ0v) is 29.2. The van der Waals surface area contributed by atoms with E-state index in [0.29, 0.717) is 56.3 Å². The third kappa shape index (κ3) is 8.71. The van der Waals surface area contributed by atoms with Crippen molar-refractivity contribution < 1.29 is 22.7 Å². The standard InChI is InChI=1S/C32H41Cl2N5O5S2/c1-21(2)17-27(37-32(41)29-18-22-5-3-4-6-28(22)45-29)31(40)36-11-12-38-13-15-39(16-14-38)46(42,43)24-19-25(33)30(26(34)20-24)44-23-7-9-35-10-8-23/h3-6,18-21,23,27,35H,7-17H2,1-2H3,(H,36,40)(H,37,41). The minimum absolute atomic E-state index is 0.0245. The number of nitrogens with zero attached hydrogens (tertiary/aromatic N) is 2. The number of ether oxygens (including phenoxy) is 1. The summed E-state index contributed by atoms with van der Waals surface area (Å²) in [5.74, 6) is 0.0318. The first-order valence-electron chi connectivity index (χ1n) is 15.7. The lowest BCUT2D eigenvalue weighted by Crippen LogP contribution is -2.52. The molecule has 3 heterocycles. The molecule has 0 bridgehead atoms. The fourth-order valence-electron chi connectivity index (χ4n) is 5.71. The van der Waals surface area contributed by atoms with Gasteiger partial charge in [0.2, 0.25) is 15.9 Å². The number of sulfonamides is 1. The lowest BCUT2D eigenvalue weighted by molar-refractivity contribution is -0.123. The normalized spacial score (nSPS) is 17.7. The van der Waals surface area contributed by atoms with Gasteiger partial charge in [-0.1, -0.05) is 55.2 Å². The summed E-state index contributed by atoms with van der Waals surface area (Å²) >= 11 is 14.3. The quantitative estimate of drug-likeness (QED) is 0.251. The molecule has 0 radical (unpaired) electrons. The number of amides is 2. The highest BCUT2D eigenvalue weighted by atomic mass is 35.5. The Balaban J connectivity index is 1.11. The average Bonchev–Trinajstić information content (AvgIpc) is 3.48.